The van der Waals surface area contributed by atoms with Gasteiger partial charge in [0, 0.05) is 0 Å². The van der Waals surface area contributed by atoms with Crippen molar-refractivity contribution in [3.05, 3.63) is 108 Å². The molecular formula is C26H21BrO8. The Morgan fingerprint density at radius 1 is 0.714 bits per heavy atom. The van der Waals surface area contributed by atoms with E-state index in [4.69, 9.17) is 18.9 Å². The Balaban J connectivity index is 1.63. The van der Waals surface area contributed by atoms with Crippen LogP contribution in [0.2, 0.25) is 0 Å². The van der Waals surface area contributed by atoms with Crippen LogP contribution in [0, 0.1) is 0 Å². The third-order valence-electron chi connectivity index (χ3n) is 5.23. The van der Waals surface area contributed by atoms with Crippen molar-refractivity contribution in [3.8, 4) is 0 Å². The molecule has 0 bridgehead atoms. The first-order valence-electron chi connectivity index (χ1n) is 10.7. The number of hydrogen-bond acceptors (Lipinski definition) is 8. The minimum atomic E-state index is -2.21. The Morgan fingerprint density at radius 3 is 1.57 bits per heavy atom. The van der Waals surface area contributed by atoms with E-state index in [2.05, 4.69) is 15.9 Å². The highest BCUT2D eigenvalue weighted by Crippen LogP contribution is 2.35. The summed E-state index contributed by atoms with van der Waals surface area (Å²) in [5.41, 5.74) is 0.684. The number of ether oxygens (including phenoxy) is 4. The summed E-state index contributed by atoms with van der Waals surface area (Å²) in [6, 6.07) is 24.4. The normalized spacial score (nSPS) is 23.7. The van der Waals surface area contributed by atoms with Crippen molar-refractivity contribution in [2.24, 2.45) is 0 Å². The first-order valence-corrected chi connectivity index (χ1v) is 11.5. The van der Waals surface area contributed by atoms with E-state index < -0.39 is 40.9 Å². The molecule has 3 aromatic carbocycles. The maximum Gasteiger partial charge on any atom is 0.338 e. The van der Waals surface area contributed by atoms with E-state index in [1.165, 1.54) is 24.3 Å². The molecule has 180 valence electrons. The van der Waals surface area contributed by atoms with Gasteiger partial charge in [0.15, 0.2) is 12.2 Å². The largest absolute Gasteiger partial charge is 0.452 e. The Kier molecular flexibility index (Phi) is 7.60. The average Bonchev–Trinajstić information content (AvgIpc) is 2.89. The first kappa shape index (κ1) is 24.6. The SMILES string of the molecule is O=C(O[C@H]1[C@@H](OC(=O)c2ccccc2)[C@](O)(Br)OC[C@H]1OC(=O)c1ccccc1)c1ccccc1. The summed E-state index contributed by atoms with van der Waals surface area (Å²) in [6.07, 6.45) is -4.17. The highest BCUT2D eigenvalue weighted by molar-refractivity contribution is 9.10. The van der Waals surface area contributed by atoms with Gasteiger partial charge in [-0.3, -0.25) is 0 Å². The number of esters is 3. The lowest BCUT2D eigenvalue weighted by Gasteiger charge is -2.42. The van der Waals surface area contributed by atoms with Crippen molar-refractivity contribution in [1.29, 1.82) is 0 Å². The smallest absolute Gasteiger partial charge is 0.338 e. The molecule has 8 nitrogen and oxygen atoms in total. The highest BCUT2D eigenvalue weighted by Gasteiger charge is 2.55. The third kappa shape index (κ3) is 5.94. The van der Waals surface area contributed by atoms with Crippen molar-refractivity contribution in [3.63, 3.8) is 0 Å². The summed E-state index contributed by atoms with van der Waals surface area (Å²) in [4.78, 5) is 38.4. The van der Waals surface area contributed by atoms with Gasteiger partial charge < -0.3 is 24.1 Å². The molecule has 0 amide bonds. The number of carbonyl (C=O) groups is 3. The van der Waals surface area contributed by atoms with Gasteiger partial charge in [-0.15, -0.1) is 0 Å². The zero-order valence-corrected chi connectivity index (χ0v) is 19.9. The monoisotopic (exact) mass is 540 g/mol. The third-order valence-corrected chi connectivity index (χ3v) is 5.91. The Morgan fingerprint density at radius 2 is 1.11 bits per heavy atom. The molecule has 1 heterocycles. The second-order valence-corrected chi connectivity index (χ2v) is 8.79. The number of aliphatic hydroxyl groups is 1. The molecule has 0 spiro atoms. The van der Waals surface area contributed by atoms with Gasteiger partial charge in [-0.2, -0.15) is 0 Å². The minimum Gasteiger partial charge on any atom is -0.452 e. The summed E-state index contributed by atoms with van der Waals surface area (Å²) in [6.45, 7) is -0.341. The molecule has 0 aromatic heterocycles. The molecule has 4 atom stereocenters. The Bertz CT molecular complexity index is 1170. The van der Waals surface area contributed by atoms with Gasteiger partial charge in [0.05, 0.1) is 23.3 Å². The zero-order chi connectivity index (χ0) is 24.8. The molecule has 1 aliphatic rings. The lowest BCUT2D eigenvalue weighted by Crippen LogP contribution is -2.61. The van der Waals surface area contributed by atoms with Crippen LogP contribution in [0.25, 0.3) is 0 Å². The van der Waals surface area contributed by atoms with Gasteiger partial charge in [-0.05, 0) is 52.3 Å². The minimum absolute atomic E-state index is 0.201. The highest BCUT2D eigenvalue weighted by atomic mass is 79.9. The lowest BCUT2D eigenvalue weighted by atomic mass is 10.0. The summed E-state index contributed by atoms with van der Waals surface area (Å²) in [7, 11) is 0. The van der Waals surface area contributed by atoms with Gasteiger partial charge in [0.25, 0.3) is 4.70 Å². The summed E-state index contributed by atoms with van der Waals surface area (Å²) < 4.78 is 19.9. The second-order valence-electron chi connectivity index (χ2n) is 7.66. The number of carbonyl (C=O) groups excluding carboxylic acids is 3. The fourth-order valence-corrected chi connectivity index (χ4v) is 3.94. The molecule has 35 heavy (non-hydrogen) atoms. The van der Waals surface area contributed by atoms with E-state index in [1.54, 1.807) is 66.7 Å². The van der Waals surface area contributed by atoms with Gasteiger partial charge in [0.2, 0.25) is 6.10 Å². The lowest BCUT2D eigenvalue weighted by molar-refractivity contribution is -0.267. The van der Waals surface area contributed by atoms with Crippen LogP contribution in [0.1, 0.15) is 31.1 Å². The van der Waals surface area contributed by atoms with Gasteiger partial charge in [-0.1, -0.05) is 54.6 Å². The van der Waals surface area contributed by atoms with Crippen molar-refractivity contribution in [2.75, 3.05) is 6.61 Å². The number of benzene rings is 3. The molecule has 0 aliphatic carbocycles. The average molecular weight is 541 g/mol. The zero-order valence-electron chi connectivity index (χ0n) is 18.3. The molecule has 4 rings (SSSR count). The van der Waals surface area contributed by atoms with Crippen LogP contribution >= 0.6 is 15.9 Å². The molecule has 0 saturated carbocycles. The molecule has 1 fully saturated rings. The molecular weight excluding hydrogens is 520 g/mol. The van der Waals surface area contributed by atoms with Crippen molar-refractivity contribution in [2.45, 2.75) is 23.0 Å². The maximum atomic E-state index is 12.9. The number of alkyl halides is 1. The van der Waals surface area contributed by atoms with Crippen LogP contribution in [0.15, 0.2) is 91.0 Å². The van der Waals surface area contributed by atoms with Crippen LogP contribution in [-0.4, -0.2) is 52.6 Å². The van der Waals surface area contributed by atoms with Gasteiger partial charge in [0.1, 0.15) is 0 Å². The van der Waals surface area contributed by atoms with Crippen LogP contribution < -0.4 is 0 Å². The van der Waals surface area contributed by atoms with Crippen LogP contribution in [0.5, 0.6) is 0 Å². The van der Waals surface area contributed by atoms with Crippen molar-refractivity contribution >= 4 is 33.8 Å². The predicted octanol–water partition coefficient (Wildman–Crippen LogP) is 3.73. The summed E-state index contributed by atoms with van der Waals surface area (Å²) in [5, 5.41) is 10.8. The van der Waals surface area contributed by atoms with Gasteiger partial charge in [-0.25, -0.2) is 14.4 Å². The van der Waals surface area contributed by atoms with Crippen LogP contribution in [0.3, 0.4) is 0 Å². The van der Waals surface area contributed by atoms with E-state index in [0.717, 1.165) is 0 Å². The quantitative estimate of drug-likeness (QED) is 0.286. The topological polar surface area (TPSA) is 108 Å². The van der Waals surface area contributed by atoms with E-state index in [0.29, 0.717) is 0 Å². The van der Waals surface area contributed by atoms with E-state index in [-0.39, 0.29) is 23.3 Å². The van der Waals surface area contributed by atoms with Crippen LogP contribution in [-0.2, 0) is 18.9 Å². The maximum absolute atomic E-state index is 12.9. The summed E-state index contributed by atoms with van der Waals surface area (Å²) >= 11 is 3.01. The standard InChI is InChI=1S/C26H21BrO8/c27-26(31)22(35-25(30)19-14-8-3-9-15-19)21(34-24(29)18-12-6-2-7-13-18)20(16-32-26)33-23(28)17-10-4-1-5-11-17/h1-15,20-22,31H,16H2/t20-,21-,22-,26-/m1/s1. The molecule has 0 radical (unpaired) electrons. The fourth-order valence-electron chi connectivity index (χ4n) is 3.46. The van der Waals surface area contributed by atoms with E-state index in [9.17, 15) is 19.5 Å². The van der Waals surface area contributed by atoms with Gasteiger partial charge >= 0.3 is 17.9 Å². The molecule has 1 aliphatic heterocycles. The molecule has 1 N–H and O–H groups in total. The second kappa shape index (κ2) is 10.8. The Labute approximate surface area is 209 Å². The molecule has 9 heteroatoms. The van der Waals surface area contributed by atoms with Crippen molar-refractivity contribution in [1.82, 2.24) is 0 Å². The molecule has 3 aromatic rings. The number of hydrogen-bond donors (Lipinski definition) is 1. The molecule has 1 saturated heterocycles. The fraction of sp³-hybridized carbons (Fsp3) is 0.192. The van der Waals surface area contributed by atoms with Crippen molar-refractivity contribution < 1.29 is 38.4 Å². The van der Waals surface area contributed by atoms with E-state index in [1.807, 2.05) is 0 Å². The van der Waals surface area contributed by atoms with E-state index >= 15 is 0 Å². The number of rotatable bonds is 6. The predicted molar refractivity (Wildman–Crippen MR) is 127 cm³/mol. The molecule has 0 unspecified atom stereocenters. The summed E-state index contributed by atoms with van der Waals surface area (Å²) in [5.74, 6) is -2.26. The first-order chi connectivity index (χ1) is 16.8. The Hall–Kier alpha value is -3.53. The van der Waals surface area contributed by atoms with Crippen LogP contribution in [0.4, 0.5) is 0 Å². The number of halogens is 1.